The summed E-state index contributed by atoms with van der Waals surface area (Å²) in [5, 5.41) is 4.44. The number of hydrogen-bond acceptors (Lipinski definition) is 6. The maximum atomic E-state index is 6.23. The normalized spacial score (nSPS) is 28.0. The number of benzene rings is 1. The van der Waals surface area contributed by atoms with Gasteiger partial charge in [0.15, 0.2) is 12.0 Å². The molecule has 29 heavy (non-hydrogen) atoms. The molecule has 4 heterocycles. The van der Waals surface area contributed by atoms with E-state index in [2.05, 4.69) is 60.8 Å². The zero-order valence-electron chi connectivity index (χ0n) is 16.5. The van der Waals surface area contributed by atoms with Crippen LogP contribution in [-0.2, 0) is 20.8 Å². The summed E-state index contributed by atoms with van der Waals surface area (Å²) in [4.78, 5) is 9.06. The lowest BCUT2D eigenvalue weighted by Crippen LogP contribution is -2.27. The Labute approximate surface area is 182 Å². The Morgan fingerprint density at radius 2 is 1.90 bits per heavy atom. The minimum Gasteiger partial charge on any atom is -0.365 e. The van der Waals surface area contributed by atoms with Crippen molar-refractivity contribution in [3.05, 3.63) is 52.0 Å². The molecule has 7 nitrogen and oxygen atoms in total. The largest absolute Gasteiger partial charge is 0.365 e. The number of halogens is 1. The number of nitrogens with one attached hydrogen (secondary N) is 1. The van der Waals surface area contributed by atoms with E-state index >= 15 is 0 Å². The smallest absolute Gasteiger partial charge is 0.164 e. The minimum absolute atomic E-state index is 0.0561. The molecule has 0 spiro atoms. The molecule has 152 valence electrons. The van der Waals surface area contributed by atoms with Crippen LogP contribution in [0.4, 0.5) is 5.82 Å². The van der Waals surface area contributed by atoms with E-state index in [0.29, 0.717) is 6.54 Å². The molecular formula is C21H23IN4O3. The van der Waals surface area contributed by atoms with E-state index in [1.807, 2.05) is 39.0 Å². The van der Waals surface area contributed by atoms with Crippen LogP contribution in [0.15, 0.2) is 42.9 Å². The molecule has 0 aliphatic carbocycles. The van der Waals surface area contributed by atoms with Gasteiger partial charge in [-0.3, -0.25) is 0 Å². The van der Waals surface area contributed by atoms with Crippen molar-refractivity contribution in [3.63, 3.8) is 0 Å². The molecule has 2 aliphatic rings. The fourth-order valence-electron chi connectivity index (χ4n) is 4.15. The molecule has 1 aromatic carbocycles. The first-order valence-corrected chi connectivity index (χ1v) is 10.8. The molecule has 0 bridgehead atoms. The standard InChI is InChI=1S/C21H23IN4O3/c1-12-16-17(29-21(2,3)28-16)20(27-12)26-10-14(22)15-18(24-11-25-19(15)26)23-9-13-7-5-4-6-8-13/h4-8,10-12,16-17,20H,9H2,1-3H3,(H,23,24,25)/t12-,16-,17-,20-/m1/s1. The second-order valence-corrected chi connectivity index (χ2v) is 9.10. The predicted octanol–water partition coefficient (Wildman–Crippen LogP) is 4.09. The molecule has 2 aromatic heterocycles. The molecule has 3 aromatic rings. The van der Waals surface area contributed by atoms with Crippen molar-refractivity contribution in [3.8, 4) is 0 Å². The minimum atomic E-state index is -0.612. The van der Waals surface area contributed by atoms with Gasteiger partial charge in [-0.25, -0.2) is 9.97 Å². The maximum Gasteiger partial charge on any atom is 0.164 e. The summed E-state index contributed by atoms with van der Waals surface area (Å²) in [7, 11) is 0. The third-order valence-electron chi connectivity index (χ3n) is 5.40. The quantitative estimate of drug-likeness (QED) is 0.538. The number of rotatable bonds is 4. The molecule has 5 rings (SSSR count). The molecule has 1 N–H and O–H groups in total. The second-order valence-electron chi connectivity index (χ2n) is 7.94. The third kappa shape index (κ3) is 3.41. The van der Waals surface area contributed by atoms with Crippen molar-refractivity contribution in [1.82, 2.24) is 14.5 Å². The lowest BCUT2D eigenvalue weighted by atomic mass is 10.1. The molecule has 2 fully saturated rings. The fourth-order valence-corrected chi connectivity index (χ4v) is 4.95. The molecular weight excluding hydrogens is 483 g/mol. The summed E-state index contributed by atoms with van der Waals surface area (Å²) < 4.78 is 21.6. The molecule has 0 saturated carbocycles. The number of fused-ring (bicyclic) bond motifs is 2. The molecule has 2 saturated heterocycles. The van der Waals surface area contributed by atoms with Crippen LogP contribution in [0.3, 0.4) is 0 Å². The average molecular weight is 506 g/mol. The van der Waals surface area contributed by atoms with Gasteiger partial charge in [0.2, 0.25) is 0 Å². The zero-order chi connectivity index (χ0) is 20.2. The van der Waals surface area contributed by atoms with E-state index in [9.17, 15) is 0 Å². The highest BCUT2D eigenvalue weighted by atomic mass is 127. The van der Waals surface area contributed by atoms with Crippen LogP contribution in [0.5, 0.6) is 0 Å². The number of anilines is 1. The van der Waals surface area contributed by atoms with Crippen LogP contribution >= 0.6 is 22.6 Å². The number of hydrogen-bond donors (Lipinski definition) is 1. The Hall–Kier alpha value is -1.75. The van der Waals surface area contributed by atoms with Gasteiger partial charge in [-0.15, -0.1) is 0 Å². The molecule has 8 heteroatoms. The van der Waals surface area contributed by atoms with E-state index in [1.165, 1.54) is 5.56 Å². The van der Waals surface area contributed by atoms with Gasteiger partial charge in [0, 0.05) is 16.3 Å². The van der Waals surface area contributed by atoms with Crippen LogP contribution in [0.2, 0.25) is 0 Å². The highest BCUT2D eigenvalue weighted by Gasteiger charge is 2.54. The van der Waals surface area contributed by atoms with Gasteiger partial charge in [0.05, 0.1) is 11.5 Å². The van der Waals surface area contributed by atoms with Gasteiger partial charge in [0.25, 0.3) is 0 Å². The number of ether oxygens (including phenoxy) is 3. The first-order valence-electron chi connectivity index (χ1n) is 9.73. The highest BCUT2D eigenvalue weighted by molar-refractivity contribution is 14.1. The van der Waals surface area contributed by atoms with Gasteiger partial charge in [-0.2, -0.15) is 0 Å². The molecule has 2 aliphatic heterocycles. The summed E-state index contributed by atoms with van der Waals surface area (Å²) in [6.07, 6.45) is 3.03. The Morgan fingerprint density at radius 1 is 1.14 bits per heavy atom. The Morgan fingerprint density at radius 3 is 2.69 bits per heavy atom. The third-order valence-corrected chi connectivity index (χ3v) is 6.22. The van der Waals surface area contributed by atoms with Crippen LogP contribution in [0.25, 0.3) is 11.0 Å². The van der Waals surface area contributed by atoms with E-state index in [4.69, 9.17) is 14.2 Å². The summed E-state index contributed by atoms with van der Waals surface area (Å²) >= 11 is 2.33. The monoisotopic (exact) mass is 506 g/mol. The van der Waals surface area contributed by atoms with Crippen LogP contribution < -0.4 is 5.32 Å². The van der Waals surface area contributed by atoms with Crippen LogP contribution in [0.1, 0.15) is 32.6 Å². The SMILES string of the molecule is C[C@H]1O[C@@H](n2cc(I)c3c(NCc4ccccc4)ncnc32)[C@@H]2OC(C)(C)O[C@@H]21. The second kappa shape index (κ2) is 7.19. The lowest BCUT2D eigenvalue weighted by molar-refractivity contribution is -0.194. The van der Waals surface area contributed by atoms with Crippen molar-refractivity contribution in [2.24, 2.45) is 0 Å². The van der Waals surface area contributed by atoms with Gasteiger partial charge < -0.3 is 24.1 Å². The first-order chi connectivity index (χ1) is 13.9. The zero-order valence-corrected chi connectivity index (χ0v) is 18.7. The molecule has 4 atom stereocenters. The topological polar surface area (TPSA) is 70.4 Å². The maximum absolute atomic E-state index is 6.23. The summed E-state index contributed by atoms with van der Waals surface area (Å²) in [6.45, 7) is 6.61. The van der Waals surface area contributed by atoms with Crippen LogP contribution in [0, 0.1) is 3.57 Å². The lowest BCUT2D eigenvalue weighted by Gasteiger charge is -2.24. The summed E-state index contributed by atoms with van der Waals surface area (Å²) in [6, 6.07) is 10.3. The van der Waals surface area contributed by atoms with Crippen molar-refractivity contribution in [2.45, 2.75) is 57.6 Å². The molecule has 0 radical (unpaired) electrons. The van der Waals surface area contributed by atoms with E-state index in [-0.39, 0.29) is 24.5 Å². The molecule has 0 amide bonds. The van der Waals surface area contributed by atoms with Gasteiger partial charge in [0.1, 0.15) is 30.0 Å². The highest BCUT2D eigenvalue weighted by Crippen LogP contribution is 2.44. The van der Waals surface area contributed by atoms with E-state index < -0.39 is 5.79 Å². The van der Waals surface area contributed by atoms with Crippen LogP contribution in [-0.4, -0.2) is 38.6 Å². The van der Waals surface area contributed by atoms with Crippen molar-refractivity contribution in [1.29, 1.82) is 0 Å². The van der Waals surface area contributed by atoms with Crippen molar-refractivity contribution in [2.75, 3.05) is 5.32 Å². The Bertz CT molecular complexity index is 1040. The number of aromatic nitrogens is 3. The Balaban J connectivity index is 1.49. The van der Waals surface area contributed by atoms with Gasteiger partial charge >= 0.3 is 0 Å². The summed E-state index contributed by atoms with van der Waals surface area (Å²) in [5.41, 5.74) is 2.02. The van der Waals surface area contributed by atoms with Crippen molar-refractivity contribution < 1.29 is 14.2 Å². The average Bonchev–Trinajstić information content (AvgIpc) is 3.31. The van der Waals surface area contributed by atoms with E-state index in [1.54, 1.807) is 6.33 Å². The summed E-state index contributed by atoms with van der Waals surface area (Å²) in [5.74, 6) is 0.201. The fraction of sp³-hybridized carbons (Fsp3) is 0.429. The van der Waals surface area contributed by atoms with Gasteiger partial charge in [-0.05, 0) is 48.9 Å². The van der Waals surface area contributed by atoms with Crippen molar-refractivity contribution >= 4 is 39.4 Å². The molecule has 0 unspecified atom stereocenters. The van der Waals surface area contributed by atoms with E-state index in [0.717, 1.165) is 20.4 Å². The van der Waals surface area contributed by atoms with Gasteiger partial charge in [-0.1, -0.05) is 30.3 Å². The Kier molecular flexibility index (Phi) is 4.77. The predicted molar refractivity (Wildman–Crippen MR) is 117 cm³/mol. The first kappa shape index (κ1) is 19.2. The number of nitrogens with zero attached hydrogens (tertiary/aromatic N) is 3.